The summed E-state index contributed by atoms with van der Waals surface area (Å²) in [7, 11) is 4.09. The molecule has 1 aromatic heterocycles. The molecule has 1 aromatic carbocycles. The van der Waals surface area contributed by atoms with Gasteiger partial charge in [0, 0.05) is 31.6 Å². The second-order valence-electron chi connectivity index (χ2n) is 9.76. The Morgan fingerprint density at radius 1 is 0.933 bits per heavy atom. The van der Waals surface area contributed by atoms with Gasteiger partial charge in [-0.05, 0) is 56.2 Å². The fourth-order valence-corrected chi connectivity index (χ4v) is 5.31. The largest absolute Gasteiger partial charge is 0.362 e. The molecule has 0 radical (unpaired) electrons. The number of nitrogens with zero attached hydrogens (tertiary/aromatic N) is 3. The molecule has 4 rings (SSSR count). The molecule has 2 aliphatic rings. The van der Waals surface area contributed by atoms with Crippen molar-refractivity contribution in [1.82, 2.24) is 15.3 Å². The molecular formula is C25H39N5. The Balaban J connectivity index is 1.28. The van der Waals surface area contributed by atoms with Crippen molar-refractivity contribution in [3.05, 3.63) is 24.3 Å². The van der Waals surface area contributed by atoms with Crippen LogP contribution >= 0.6 is 0 Å². The van der Waals surface area contributed by atoms with Gasteiger partial charge in [0.05, 0.1) is 5.52 Å². The third-order valence-corrected chi connectivity index (χ3v) is 7.25. The first-order valence-electron chi connectivity index (χ1n) is 12.0. The van der Waals surface area contributed by atoms with Gasteiger partial charge in [0.25, 0.3) is 0 Å². The van der Waals surface area contributed by atoms with E-state index in [4.69, 9.17) is 9.97 Å². The number of fused-ring (bicyclic) bond motifs is 1. The third kappa shape index (κ3) is 5.23. The van der Waals surface area contributed by atoms with E-state index >= 15 is 0 Å². The van der Waals surface area contributed by atoms with E-state index in [0.717, 1.165) is 34.5 Å². The Bertz CT molecular complexity index is 806. The summed E-state index contributed by atoms with van der Waals surface area (Å²) in [5.41, 5.74) is 1.01. The maximum absolute atomic E-state index is 4.81. The number of aromatic nitrogens is 2. The topological polar surface area (TPSA) is 53.1 Å². The first-order chi connectivity index (χ1) is 14.6. The van der Waals surface area contributed by atoms with Gasteiger partial charge in [0.15, 0.2) is 0 Å². The maximum atomic E-state index is 4.81. The summed E-state index contributed by atoms with van der Waals surface area (Å²) >= 11 is 0. The van der Waals surface area contributed by atoms with Crippen molar-refractivity contribution in [3.63, 3.8) is 0 Å². The molecule has 2 N–H and O–H groups in total. The highest BCUT2D eigenvalue weighted by Crippen LogP contribution is 2.30. The first kappa shape index (κ1) is 21.4. The van der Waals surface area contributed by atoms with Crippen molar-refractivity contribution in [2.75, 3.05) is 30.9 Å². The van der Waals surface area contributed by atoms with Crippen LogP contribution in [0.3, 0.4) is 0 Å². The lowest BCUT2D eigenvalue weighted by Crippen LogP contribution is -2.40. The minimum atomic E-state index is 0.468. The fourth-order valence-electron chi connectivity index (χ4n) is 5.31. The zero-order valence-corrected chi connectivity index (χ0v) is 19.0. The van der Waals surface area contributed by atoms with Crippen molar-refractivity contribution in [2.45, 2.75) is 76.8 Å². The van der Waals surface area contributed by atoms with Crippen molar-refractivity contribution in [3.8, 4) is 0 Å². The third-order valence-electron chi connectivity index (χ3n) is 7.25. The molecule has 5 nitrogen and oxygen atoms in total. The molecular weight excluding hydrogens is 370 g/mol. The number of benzene rings is 1. The van der Waals surface area contributed by atoms with E-state index in [1.165, 1.54) is 64.3 Å². The van der Waals surface area contributed by atoms with Gasteiger partial charge in [0.1, 0.15) is 5.82 Å². The average molecular weight is 410 g/mol. The van der Waals surface area contributed by atoms with Crippen LogP contribution in [0.15, 0.2) is 24.3 Å². The molecule has 1 heterocycles. The lowest BCUT2D eigenvalue weighted by molar-refractivity contribution is 0.240. The summed E-state index contributed by atoms with van der Waals surface area (Å²) in [5, 5.41) is 8.62. The molecule has 1 atom stereocenters. The highest BCUT2D eigenvalue weighted by molar-refractivity contribution is 5.90. The van der Waals surface area contributed by atoms with Gasteiger partial charge in [-0.25, -0.2) is 4.98 Å². The second kappa shape index (κ2) is 9.95. The number of nitrogens with one attached hydrogen (secondary N) is 2. The van der Waals surface area contributed by atoms with Gasteiger partial charge in [-0.2, -0.15) is 4.98 Å². The molecule has 0 spiro atoms. The first-order valence-corrected chi connectivity index (χ1v) is 12.0. The molecule has 2 aliphatic carbocycles. The van der Waals surface area contributed by atoms with Crippen LogP contribution in [0.1, 0.15) is 64.7 Å². The Kier molecular flexibility index (Phi) is 7.08. The molecule has 2 fully saturated rings. The van der Waals surface area contributed by atoms with Crippen LogP contribution in [0.2, 0.25) is 0 Å². The lowest BCUT2D eigenvalue weighted by atomic mass is 9.80. The molecule has 5 heteroatoms. The van der Waals surface area contributed by atoms with Crippen LogP contribution in [0, 0.1) is 11.8 Å². The summed E-state index contributed by atoms with van der Waals surface area (Å²) in [6.45, 7) is 3.64. The predicted molar refractivity (Wildman–Crippen MR) is 127 cm³/mol. The molecule has 30 heavy (non-hydrogen) atoms. The Morgan fingerprint density at radius 3 is 2.37 bits per heavy atom. The number of para-hydroxylation sites is 1. The van der Waals surface area contributed by atoms with Gasteiger partial charge in [-0.1, -0.05) is 51.2 Å². The van der Waals surface area contributed by atoms with E-state index in [0.29, 0.717) is 12.1 Å². The van der Waals surface area contributed by atoms with Gasteiger partial charge in [-0.3, -0.25) is 0 Å². The normalized spacial score (nSPS) is 24.0. The molecule has 0 aliphatic heterocycles. The quantitative estimate of drug-likeness (QED) is 0.656. The summed E-state index contributed by atoms with van der Waals surface area (Å²) in [5.74, 6) is 3.51. The van der Waals surface area contributed by atoms with Crippen molar-refractivity contribution in [1.29, 1.82) is 0 Å². The molecule has 2 saturated carbocycles. The van der Waals surface area contributed by atoms with Crippen LogP contribution in [-0.2, 0) is 0 Å². The van der Waals surface area contributed by atoms with Gasteiger partial charge in [0.2, 0.25) is 5.95 Å². The van der Waals surface area contributed by atoms with Gasteiger partial charge < -0.3 is 15.5 Å². The molecule has 0 bridgehead atoms. The Morgan fingerprint density at radius 2 is 1.63 bits per heavy atom. The van der Waals surface area contributed by atoms with E-state index in [1.807, 2.05) is 20.2 Å². The van der Waals surface area contributed by atoms with E-state index in [1.54, 1.807) is 0 Å². The van der Waals surface area contributed by atoms with Crippen molar-refractivity contribution >= 4 is 22.7 Å². The van der Waals surface area contributed by atoms with Gasteiger partial charge >= 0.3 is 0 Å². The zero-order chi connectivity index (χ0) is 20.9. The molecule has 0 saturated heterocycles. The minimum Gasteiger partial charge on any atom is -0.362 e. The highest BCUT2D eigenvalue weighted by Gasteiger charge is 2.24. The molecule has 2 aromatic rings. The predicted octanol–water partition coefficient (Wildman–Crippen LogP) is 5.22. The van der Waals surface area contributed by atoms with Crippen LogP contribution in [0.25, 0.3) is 10.9 Å². The molecule has 1 unspecified atom stereocenters. The summed E-state index contributed by atoms with van der Waals surface area (Å²) in [4.78, 5) is 11.7. The number of anilines is 2. The Hall–Kier alpha value is -1.88. The van der Waals surface area contributed by atoms with Crippen LogP contribution in [0.5, 0.6) is 0 Å². The zero-order valence-electron chi connectivity index (χ0n) is 19.0. The number of hydrogen-bond acceptors (Lipinski definition) is 5. The van der Waals surface area contributed by atoms with Crippen LogP contribution < -0.4 is 15.5 Å². The Labute approximate surface area is 182 Å². The maximum Gasteiger partial charge on any atom is 0.225 e. The SMILES string of the molecule is CC(CNC1CCC(Nc2nc(N(C)C)c3ccccc3n2)CC1)C1CCCCC1. The van der Waals surface area contributed by atoms with E-state index in [9.17, 15) is 0 Å². The summed E-state index contributed by atoms with van der Waals surface area (Å²) in [6.07, 6.45) is 12.1. The van der Waals surface area contributed by atoms with E-state index in [-0.39, 0.29) is 0 Å². The number of hydrogen-bond donors (Lipinski definition) is 2. The minimum absolute atomic E-state index is 0.468. The second-order valence-corrected chi connectivity index (χ2v) is 9.76. The standard InChI is InChI=1S/C25H39N5/c1-18(19-9-5-4-6-10-19)17-26-20-13-15-21(16-14-20)27-25-28-23-12-8-7-11-22(23)24(29-25)30(2)3/h7-8,11-12,18-21,26H,4-6,9-10,13-17H2,1-3H3,(H,27,28,29). The smallest absolute Gasteiger partial charge is 0.225 e. The van der Waals surface area contributed by atoms with Crippen LogP contribution in [-0.4, -0.2) is 42.7 Å². The van der Waals surface area contributed by atoms with Crippen molar-refractivity contribution < 1.29 is 0 Å². The van der Waals surface area contributed by atoms with E-state index < -0.39 is 0 Å². The molecule has 0 amide bonds. The van der Waals surface area contributed by atoms with Crippen molar-refractivity contribution in [2.24, 2.45) is 11.8 Å². The molecule has 164 valence electrons. The van der Waals surface area contributed by atoms with E-state index in [2.05, 4.69) is 40.7 Å². The highest BCUT2D eigenvalue weighted by atomic mass is 15.2. The number of rotatable bonds is 7. The average Bonchev–Trinajstić information content (AvgIpc) is 2.78. The van der Waals surface area contributed by atoms with Gasteiger partial charge in [-0.15, -0.1) is 0 Å². The monoisotopic (exact) mass is 409 g/mol. The fraction of sp³-hybridized carbons (Fsp3) is 0.680. The van der Waals surface area contributed by atoms with Crippen LogP contribution in [0.4, 0.5) is 11.8 Å². The summed E-state index contributed by atoms with van der Waals surface area (Å²) < 4.78 is 0. The lowest BCUT2D eigenvalue weighted by Gasteiger charge is -2.33. The summed E-state index contributed by atoms with van der Waals surface area (Å²) in [6, 6.07) is 9.40.